The van der Waals surface area contributed by atoms with Crippen molar-refractivity contribution in [3.63, 3.8) is 0 Å². The molecule has 3 heterocycles. The fourth-order valence-corrected chi connectivity index (χ4v) is 5.44. The fourth-order valence-electron chi connectivity index (χ4n) is 3.74. The highest BCUT2D eigenvalue weighted by Crippen LogP contribution is 2.28. The minimum atomic E-state index is -3.05. The Morgan fingerprint density at radius 2 is 2.17 bits per heavy atom. The number of fused-ring (bicyclic) bond motifs is 1. The van der Waals surface area contributed by atoms with Crippen LogP contribution in [0.2, 0.25) is 0 Å². The van der Waals surface area contributed by atoms with Crippen LogP contribution in [0.3, 0.4) is 0 Å². The summed E-state index contributed by atoms with van der Waals surface area (Å²) >= 11 is 0. The molecule has 3 aromatic rings. The standard InChI is InChI=1S/C21H23N3O4S/c1-3-18-17(16-6-4-5-7-19(16)28-18)8-9-21(25)22-20-12-14(2)23-24(20)15-10-11-29(26,27)13-15/h4-9,12,15H,3,10-11,13H2,1-2H3,(H,22,25)/b9-8+. The summed E-state index contributed by atoms with van der Waals surface area (Å²) in [5.74, 6) is 1.23. The maximum Gasteiger partial charge on any atom is 0.249 e. The number of aromatic nitrogens is 2. The molecule has 1 fully saturated rings. The van der Waals surface area contributed by atoms with Gasteiger partial charge in [0.1, 0.15) is 17.2 Å². The number of furan rings is 1. The number of sulfone groups is 1. The van der Waals surface area contributed by atoms with Crippen LogP contribution in [-0.2, 0) is 21.1 Å². The minimum absolute atomic E-state index is 0.0493. The van der Waals surface area contributed by atoms with E-state index in [4.69, 9.17) is 4.42 Å². The SMILES string of the molecule is CCc1oc2ccccc2c1/C=C/C(=O)Nc1cc(C)nn1C1CCS(=O)(=O)C1. The zero-order chi connectivity index (χ0) is 20.6. The molecule has 4 rings (SSSR count). The Hall–Kier alpha value is -2.87. The number of para-hydroxylation sites is 1. The summed E-state index contributed by atoms with van der Waals surface area (Å²) in [5, 5.41) is 8.18. The number of hydrogen-bond donors (Lipinski definition) is 1. The molecule has 1 aliphatic rings. The van der Waals surface area contributed by atoms with Gasteiger partial charge in [-0.1, -0.05) is 25.1 Å². The second kappa shape index (κ2) is 7.51. The fraction of sp³-hybridized carbons (Fsp3) is 0.333. The third-order valence-corrected chi connectivity index (χ3v) is 6.85. The van der Waals surface area contributed by atoms with Crippen LogP contribution in [0.15, 0.2) is 40.8 Å². The first-order valence-electron chi connectivity index (χ1n) is 9.62. The van der Waals surface area contributed by atoms with E-state index in [-0.39, 0.29) is 23.5 Å². The third-order valence-electron chi connectivity index (χ3n) is 5.10. The van der Waals surface area contributed by atoms with Crippen LogP contribution < -0.4 is 5.32 Å². The summed E-state index contributed by atoms with van der Waals surface area (Å²) in [6, 6.07) is 9.22. The van der Waals surface area contributed by atoms with Crippen molar-refractivity contribution in [1.29, 1.82) is 0 Å². The number of rotatable bonds is 5. The highest BCUT2D eigenvalue weighted by atomic mass is 32.2. The normalized spacial score (nSPS) is 18.6. The maximum absolute atomic E-state index is 12.6. The molecule has 1 amide bonds. The molecular formula is C21H23N3O4S. The number of carbonyl (C=O) groups excluding carboxylic acids is 1. The molecule has 1 atom stereocenters. The van der Waals surface area contributed by atoms with Gasteiger partial charge in [0.2, 0.25) is 5.91 Å². The Kier molecular flexibility index (Phi) is 5.04. The number of aryl methyl sites for hydroxylation is 2. The molecule has 1 saturated heterocycles. The van der Waals surface area contributed by atoms with Crippen molar-refractivity contribution in [3.8, 4) is 0 Å². The van der Waals surface area contributed by atoms with Crippen molar-refractivity contribution < 1.29 is 17.6 Å². The number of anilines is 1. The zero-order valence-corrected chi connectivity index (χ0v) is 17.2. The summed E-state index contributed by atoms with van der Waals surface area (Å²) in [6.07, 6.45) is 4.45. The van der Waals surface area contributed by atoms with Crippen LogP contribution in [0.4, 0.5) is 5.82 Å². The highest BCUT2D eigenvalue weighted by molar-refractivity contribution is 7.91. The van der Waals surface area contributed by atoms with E-state index < -0.39 is 9.84 Å². The predicted molar refractivity (Wildman–Crippen MR) is 113 cm³/mol. The molecular weight excluding hydrogens is 390 g/mol. The van der Waals surface area contributed by atoms with Gasteiger partial charge in [0.15, 0.2) is 9.84 Å². The van der Waals surface area contributed by atoms with Gasteiger partial charge in [-0.3, -0.25) is 4.79 Å². The van der Waals surface area contributed by atoms with E-state index in [1.54, 1.807) is 16.8 Å². The molecule has 0 bridgehead atoms. The van der Waals surface area contributed by atoms with Gasteiger partial charge in [0.25, 0.3) is 0 Å². The molecule has 1 aliphatic heterocycles. The van der Waals surface area contributed by atoms with Gasteiger partial charge < -0.3 is 9.73 Å². The molecule has 0 spiro atoms. The number of benzene rings is 1. The van der Waals surface area contributed by atoms with Gasteiger partial charge in [0, 0.05) is 29.5 Å². The Morgan fingerprint density at radius 3 is 2.90 bits per heavy atom. The first-order chi connectivity index (χ1) is 13.9. The Balaban J connectivity index is 1.56. The van der Waals surface area contributed by atoms with Crippen molar-refractivity contribution in [2.75, 3.05) is 16.8 Å². The van der Waals surface area contributed by atoms with E-state index in [9.17, 15) is 13.2 Å². The molecule has 29 heavy (non-hydrogen) atoms. The molecule has 152 valence electrons. The van der Waals surface area contributed by atoms with Crippen LogP contribution in [0.5, 0.6) is 0 Å². The van der Waals surface area contributed by atoms with Gasteiger partial charge in [-0.05, 0) is 25.5 Å². The van der Waals surface area contributed by atoms with Crippen LogP contribution in [0.25, 0.3) is 17.0 Å². The Labute approximate surface area is 169 Å². The molecule has 1 N–H and O–H groups in total. The summed E-state index contributed by atoms with van der Waals surface area (Å²) in [4.78, 5) is 12.6. The van der Waals surface area contributed by atoms with E-state index in [0.717, 1.165) is 34.4 Å². The molecule has 8 heteroatoms. The molecule has 1 unspecified atom stereocenters. The van der Waals surface area contributed by atoms with Crippen molar-refractivity contribution >= 4 is 38.6 Å². The lowest BCUT2D eigenvalue weighted by molar-refractivity contribution is -0.111. The van der Waals surface area contributed by atoms with Gasteiger partial charge in [-0.25, -0.2) is 13.1 Å². The summed E-state index contributed by atoms with van der Waals surface area (Å²) < 4.78 is 31.1. The van der Waals surface area contributed by atoms with E-state index >= 15 is 0 Å². The summed E-state index contributed by atoms with van der Waals surface area (Å²) in [6.45, 7) is 3.82. The van der Waals surface area contributed by atoms with Crippen molar-refractivity contribution in [2.45, 2.75) is 32.7 Å². The number of hydrogen-bond acceptors (Lipinski definition) is 5. The molecule has 0 saturated carbocycles. The average molecular weight is 413 g/mol. The van der Waals surface area contributed by atoms with Crippen LogP contribution in [0, 0.1) is 6.92 Å². The Morgan fingerprint density at radius 1 is 1.38 bits per heavy atom. The van der Waals surface area contributed by atoms with E-state index in [1.807, 2.05) is 38.1 Å². The molecule has 7 nitrogen and oxygen atoms in total. The second-order valence-corrected chi connectivity index (χ2v) is 9.51. The van der Waals surface area contributed by atoms with Crippen molar-refractivity contribution in [2.24, 2.45) is 0 Å². The lowest BCUT2D eigenvalue weighted by atomic mass is 10.1. The van der Waals surface area contributed by atoms with Crippen LogP contribution in [-0.4, -0.2) is 35.6 Å². The Bertz CT molecular complexity index is 1200. The van der Waals surface area contributed by atoms with Crippen LogP contribution >= 0.6 is 0 Å². The average Bonchev–Trinajstić information content (AvgIpc) is 3.34. The van der Waals surface area contributed by atoms with E-state index in [1.165, 1.54) is 6.08 Å². The number of nitrogens with zero attached hydrogens (tertiary/aromatic N) is 2. The minimum Gasteiger partial charge on any atom is -0.460 e. The first-order valence-corrected chi connectivity index (χ1v) is 11.4. The van der Waals surface area contributed by atoms with Crippen molar-refractivity contribution in [3.05, 3.63) is 53.4 Å². The number of nitrogens with one attached hydrogen (secondary N) is 1. The summed E-state index contributed by atoms with van der Waals surface area (Å²) in [7, 11) is -3.05. The van der Waals surface area contributed by atoms with E-state index in [0.29, 0.717) is 12.2 Å². The number of carbonyl (C=O) groups is 1. The lowest BCUT2D eigenvalue weighted by Crippen LogP contribution is -2.18. The highest BCUT2D eigenvalue weighted by Gasteiger charge is 2.31. The second-order valence-electron chi connectivity index (χ2n) is 7.28. The van der Waals surface area contributed by atoms with Gasteiger partial charge in [0.05, 0.1) is 23.2 Å². The summed E-state index contributed by atoms with van der Waals surface area (Å²) in [5.41, 5.74) is 2.41. The topological polar surface area (TPSA) is 94.2 Å². The number of amides is 1. The first kappa shape index (κ1) is 19.4. The third kappa shape index (κ3) is 3.98. The van der Waals surface area contributed by atoms with Gasteiger partial charge >= 0.3 is 0 Å². The van der Waals surface area contributed by atoms with Crippen molar-refractivity contribution in [1.82, 2.24) is 9.78 Å². The molecule has 2 aromatic heterocycles. The predicted octanol–water partition coefficient (Wildman–Crippen LogP) is 3.51. The smallest absolute Gasteiger partial charge is 0.249 e. The van der Waals surface area contributed by atoms with Gasteiger partial charge in [-0.15, -0.1) is 0 Å². The lowest BCUT2D eigenvalue weighted by Gasteiger charge is -2.13. The maximum atomic E-state index is 12.6. The largest absolute Gasteiger partial charge is 0.460 e. The van der Waals surface area contributed by atoms with Gasteiger partial charge in [-0.2, -0.15) is 5.10 Å². The molecule has 1 aromatic carbocycles. The quantitative estimate of drug-likeness (QED) is 0.646. The molecule has 0 aliphatic carbocycles. The zero-order valence-electron chi connectivity index (χ0n) is 16.4. The monoisotopic (exact) mass is 413 g/mol. The van der Waals surface area contributed by atoms with E-state index in [2.05, 4.69) is 10.4 Å². The molecule has 0 radical (unpaired) electrons. The van der Waals surface area contributed by atoms with Crippen LogP contribution in [0.1, 0.15) is 36.4 Å².